The molecule has 0 aliphatic rings. The Hall–Kier alpha value is -0.530. The van der Waals surface area contributed by atoms with Gasteiger partial charge in [-0.3, -0.25) is 0 Å². The molecule has 0 spiro atoms. The fraction of sp³-hybridized carbons (Fsp3) is 0.500. The molecule has 0 aliphatic heterocycles. The van der Waals surface area contributed by atoms with Gasteiger partial charge in [-0.25, -0.2) is 0 Å². The van der Waals surface area contributed by atoms with Gasteiger partial charge in [0.25, 0.3) is 0 Å². The number of hydrogen-bond acceptors (Lipinski definition) is 3. The van der Waals surface area contributed by atoms with Crippen LogP contribution in [-0.4, -0.2) is 4.89 Å². The van der Waals surface area contributed by atoms with Crippen LogP contribution in [0, 0.1) is 0 Å². The Bertz CT molecular complexity index is 129. The number of allylic oxidation sites excluding steroid dienone is 2. The van der Waals surface area contributed by atoms with Crippen LogP contribution in [0.1, 0.15) is 26.7 Å². The molecule has 0 heterocycles. The van der Waals surface area contributed by atoms with Crippen LogP contribution in [0.5, 0.6) is 0 Å². The van der Waals surface area contributed by atoms with Gasteiger partial charge >= 0.3 is 8.60 Å². The maximum absolute atomic E-state index is 9.02. The van der Waals surface area contributed by atoms with Crippen LogP contribution in [0.25, 0.3) is 0 Å². The van der Waals surface area contributed by atoms with Gasteiger partial charge in [0.15, 0.2) is 0 Å². The maximum atomic E-state index is 9.02. The molecule has 0 amide bonds. The molecular formula is C8H15O3P. The van der Waals surface area contributed by atoms with E-state index in [-0.39, 0.29) is 0 Å². The highest BCUT2D eigenvalue weighted by Gasteiger charge is 2.01. The van der Waals surface area contributed by atoms with Crippen LogP contribution < -0.4 is 0 Å². The van der Waals surface area contributed by atoms with Crippen LogP contribution in [0.3, 0.4) is 0 Å². The maximum Gasteiger partial charge on any atom is 0.458 e. The Labute approximate surface area is 74.7 Å². The first kappa shape index (κ1) is 11.5. The van der Waals surface area contributed by atoms with Gasteiger partial charge in [0.2, 0.25) is 0 Å². The minimum Gasteiger partial charge on any atom is -0.426 e. The quantitative estimate of drug-likeness (QED) is 0.516. The molecule has 0 aromatic heterocycles. The lowest BCUT2D eigenvalue weighted by molar-refractivity contribution is 0.320. The zero-order chi connectivity index (χ0) is 9.23. The van der Waals surface area contributed by atoms with Crippen molar-refractivity contribution in [3.8, 4) is 0 Å². The standard InChI is InChI=1S/C8H15O3P/c1-3-5-7-10-12(9)11-8-6-4-2/h5-9H,3-4H2,1-2H3. The lowest BCUT2D eigenvalue weighted by Crippen LogP contribution is -1.76. The zero-order valence-electron chi connectivity index (χ0n) is 7.43. The van der Waals surface area contributed by atoms with Gasteiger partial charge in [-0.2, -0.15) is 0 Å². The molecule has 0 aromatic carbocycles. The lowest BCUT2D eigenvalue weighted by Gasteiger charge is -2.04. The Morgan fingerprint density at radius 2 is 1.50 bits per heavy atom. The molecule has 0 unspecified atom stereocenters. The molecule has 12 heavy (non-hydrogen) atoms. The molecule has 0 aliphatic carbocycles. The first-order chi connectivity index (χ1) is 5.81. The fourth-order valence-corrected chi connectivity index (χ4v) is 0.838. The summed E-state index contributed by atoms with van der Waals surface area (Å²) >= 11 is 0. The molecule has 0 fully saturated rings. The summed E-state index contributed by atoms with van der Waals surface area (Å²) < 4.78 is 9.59. The highest BCUT2D eigenvalue weighted by Crippen LogP contribution is 2.33. The summed E-state index contributed by atoms with van der Waals surface area (Å²) in [5.74, 6) is 0. The van der Waals surface area contributed by atoms with E-state index in [4.69, 9.17) is 13.9 Å². The first-order valence-corrected chi connectivity index (χ1v) is 5.06. The summed E-state index contributed by atoms with van der Waals surface area (Å²) in [6.07, 6.45) is 8.27. The average Bonchev–Trinajstić information content (AvgIpc) is 2.06. The molecule has 70 valence electrons. The summed E-state index contributed by atoms with van der Waals surface area (Å²) in [5.41, 5.74) is 0. The monoisotopic (exact) mass is 190 g/mol. The summed E-state index contributed by atoms with van der Waals surface area (Å²) in [4.78, 5) is 9.02. The zero-order valence-corrected chi connectivity index (χ0v) is 8.33. The van der Waals surface area contributed by atoms with Crippen molar-refractivity contribution in [3.63, 3.8) is 0 Å². The van der Waals surface area contributed by atoms with E-state index in [2.05, 4.69) is 0 Å². The highest BCUT2D eigenvalue weighted by atomic mass is 31.2. The molecule has 1 N–H and O–H groups in total. The van der Waals surface area contributed by atoms with Crippen molar-refractivity contribution in [3.05, 3.63) is 24.7 Å². The molecule has 0 aromatic rings. The van der Waals surface area contributed by atoms with Crippen molar-refractivity contribution in [2.75, 3.05) is 0 Å². The minimum absolute atomic E-state index is 0.883. The van der Waals surface area contributed by atoms with Crippen LogP contribution >= 0.6 is 8.60 Å². The molecule has 0 saturated heterocycles. The van der Waals surface area contributed by atoms with Crippen molar-refractivity contribution >= 4 is 8.60 Å². The van der Waals surface area contributed by atoms with E-state index in [1.165, 1.54) is 12.5 Å². The van der Waals surface area contributed by atoms with E-state index in [1.54, 1.807) is 12.2 Å². The van der Waals surface area contributed by atoms with E-state index in [1.807, 2.05) is 13.8 Å². The second-order valence-corrected chi connectivity index (χ2v) is 2.91. The number of rotatable bonds is 6. The van der Waals surface area contributed by atoms with E-state index < -0.39 is 8.60 Å². The largest absolute Gasteiger partial charge is 0.458 e. The van der Waals surface area contributed by atoms with Crippen LogP contribution in [0.15, 0.2) is 24.7 Å². The predicted octanol–water partition coefficient (Wildman–Crippen LogP) is 3.09. The normalized spacial score (nSPS) is 13.9. The minimum atomic E-state index is -1.78. The Balaban J connectivity index is 3.39. The third-order valence-electron chi connectivity index (χ3n) is 0.966. The van der Waals surface area contributed by atoms with Crippen molar-refractivity contribution in [2.45, 2.75) is 26.7 Å². The SMILES string of the molecule is CCC=COP(O)OC=CCC. The molecular weight excluding hydrogens is 175 g/mol. The van der Waals surface area contributed by atoms with Gasteiger partial charge in [0.1, 0.15) is 0 Å². The van der Waals surface area contributed by atoms with Gasteiger partial charge in [0, 0.05) is 0 Å². The summed E-state index contributed by atoms with van der Waals surface area (Å²) in [7, 11) is -1.78. The van der Waals surface area contributed by atoms with Crippen molar-refractivity contribution < 1.29 is 13.9 Å². The summed E-state index contributed by atoms with van der Waals surface area (Å²) in [5, 5.41) is 0. The first-order valence-electron chi connectivity index (χ1n) is 3.93. The van der Waals surface area contributed by atoms with Crippen molar-refractivity contribution in [1.82, 2.24) is 0 Å². The van der Waals surface area contributed by atoms with E-state index in [9.17, 15) is 0 Å². The van der Waals surface area contributed by atoms with Crippen LogP contribution in [0.4, 0.5) is 0 Å². The molecule has 0 radical (unpaired) electrons. The lowest BCUT2D eigenvalue weighted by atomic mass is 10.5. The number of hydrogen-bond donors (Lipinski definition) is 1. The van der Waals surface area contributed by atoms with Gasteiger partial charge in [-0.1, -0.05) is 13.8 Å². The van der Waals surface area contributed by atoms with Gasteiger partial charge in [0.05, 0.1) is 12.5 Å². The average molecular weight is 190 g/mol. The smallest absolute Gasteiger partial charge is 0.426 e. The predicted molar refractivity (Wildman–Crippen MR) is 50.2 cm³/mol. The molecule has 0 saturated carbocycles. The fourth-order valence-electron chi connectivity index (χ4n) is 0.407. The highest BCUT2D eigenvalue weighted by molar-refractivity contribution is 7.40. The van der Waals surface area contributed by atoms with Crippen molar-refractivity contribution in [2.24, 2.45) is 0 Å². The molecule has 0 bridgehead atoms. The van der Waals surface area contributed by atoms with E-state index >= 15 is 0 Å². The van der Waals surface area contributed by atoms with Crippen LogP contribution in [0.2, 0.25) is 0 Å². The molecule has 4 heteroatoms. The Kier molecular flexibility index (Phi) is 8.19. The van der Waals surface area contributed by atoms with Gasteiger partial charge in [-0.15, -0.1) is 0 Å². The van der Waals surface area contributed by atoms with E-state index in [0.29, 0.717) is 0 Å². The third kappa shape index (κ3) is 7.58. The van der Waals surface area contributed by atoms with Crippen LogP contribution in [-0.2, 0) is 9.05 Å². The molecule has 0 atom stereocenters. The summed E-state index contributed by atoms with van der Waals surface area (Å²) in [6.45, 7) is 3.97. The van der Waals surface area contributed by atoms with Gasteiger partial charge < -0.3 is 13.9 Å². The second kappa shape index (κ2) is 8.57. The Morgan fingerprint density at radius 1 is 1.08 bits per heavy atom. The van der Waals surface area contributed by atoms with E-state index in [0.717, 1.165) is 12.8 Å². The Morgan fingerprint density at radius 3 is 1.83 bits per heavy atom. The third-order valence-corrected chi connectivity index (χ3v) is 1.57. The molecule has 0 rings (SSSR count). The second-order valence-electron chi connectivity index (χ2n) is 2.01. The topological polar surface area (TPSA) is 38.7 Å². The van der Waals surface area contributed by atoms with Crippen molar-refractivity contribution in [1.29, 1.82) is 0 Å². The van der Waals surface area contributed by atoms with Gasteiger partial charge in [-0.05, 0) is 25.0 Å². The summed E-state index contributed by atoms with van der Waals surface area (Å²) in [6, 6.07) is 0. The molecule has 3 nitrogen and oxygen atoms in total.